The van der Waals surface area contributed by atoms with Crippen molar-refractivity contribution >= 4 is 44.8 Å². The van der Waals surface area contributed by atoms with E-state index in [4.69, 9.17) is 18.9 Å². The van der Waals surface area contributed by atoms with Crippen molar-refractivity contribution in [1.82, 2.24) is 4.90 Å². The molecule has 0 N–H and O–H groups in total. The molecule has 0 radical (unpaired) electrons. The topological polar surface area (TPSA) is 69.6 Å². The highest BCUT2D eigenvalue weighted by atomic mass is 79.9. The van der Waals surface area contributed by atoms with Crippen LogP contribution in [0.25, 0.3) is 6.08 Å². The molecule has 2 aliphatic heterocycles. The second-order valence-electron chi connectivity index (χ2n) is 7.15. The summed E-state index contributed by atoms with van der Waals surface area (Å²) in [4.78, 5) is 19.6. The monoisotopic (exact) mass is 532 g/mol. The fourth-order valence-electron chi connectivity index (χ4n) is 3.42. The molecule has 0 aromatic heterocycles. The minimum absolute atomic E-state index is 0.0392. The van der Waals surface area contributed by atoms with Crippen molar-refractivity contribution in [1.29, 1.82) is 0 Å². The van der Waals surface area contributed by atoms with E-state index < -0.39 is 0 Å². The molecule has 0 aliphatic carbocycles. The number of carbonyl (C=O) groups excluding carboxylic acids is 1. The lowest BCUT2D eigenvalue weighted by Gasteiger charge is -2.14. The Morgan fingerprint density at radius 3 is 2.67 bits per heavy atom. The lowest BCUT2D eigenvalue weighted by atomic mass is 10.1. The molecule has 9 heteroatoms. The van der Waals surface area contributed by atoms with E-state index >= 15 is 0 Å². The Morgan fingerprint density at radius 2 is 1.91 bits per heavy atom. The zero-order chi connectivity index (χ0) is 23.4. The van der Waals surface area contributed by atoms with Crippen LogP contribution in [-0.2, 0) is 11.4 Å². The highest BCUT2D eigenvalue weighted by molar-refractivity contribution is 9.10. The maximum absolute atomic E-state index is 12.8. The average molecular weight is 533 g/mol. The average Bonchev–Trinajstić information content (AvgIpc) is 3.39. The van der Waals surface area contributed by atoms with Crippen LogP contribution in [0.1, 0.15) is 31.9 Å². The molecular weight excluding hydrogens is 508 g/mol. The fraction of sp³-hybridized carbons (Fsp3) is 0.333. The van der Waals surface area contributed by atoms with Crippen molar-refractivity contribution in [3.05, 3.63) is 50.8 Å². The highest BCUT2D eigenvalue weighted by Gasteiger charge is 2.32. The molecule has 0 unspecified atom stereocenters. The Labute approximate surface area is 205 Å². The van der Waals surface area contributed by atoms with Crippen molar-refractivity contribution in [2.45, 2.75) is 27.4 Å². The number of likely N-dealkylation sites (N-methyl/N-ethyl adjacent to an activating group) is 1. The Hall–Kier alpha value is -2.65. The molecule has 1 amide bonds. The molecule has 4 rings (SSSR count). The lowest BCUT2D eigenvalue weighted by Crippen LogP contribution is -2.28. The molecule has 2 aliphatic rings. The molecule has 0 saturated carbocycles. The molecule has 2 aromatic carbocycles. The molecule has 0 spiro atoms. The Balaban J connectivity index is 1.57. The first kappa shape index (κ1) is 23.5. The first-order valence-electron chi connectivity index (χ1n) is 10.8. The lowest BCUT2D eigenvalue weighted by molar-refractivity contribution is -0.122. The van der Waals surface area contributed by atoms with Crippen LogP contribution >= 0.6 is 27.7 Å². The van der Waals surface area contributed by atoms with Gasteiger partial charge in [-0.05, 0) is 74.0 Å². The summed E-state index contributed by atoms with van der Waals surface area (Å²) in [5.74, 6) is 2.63. The Kier molecular flexibility index (Phi) is 7.49. The first-order valence-corrected chi connectivity index (χ1v) is 12.4. The molecule has 2 heterocycles. The summed E-state index contributed by atoms with van der Waals surface area (Å²) < 4.78 is 23.5. The molecule has 1 saturated heterocycles. The van der Waals surface area contributed by atoms with Crippen LogP contribution in [0.3, 0.4) is 0 Å². The summed E-state index contributed by atoms with van der Waals surface area (Å²) in [7, 11) is 0. The van der Waals surface area contributed by atoms with Crippen LogP contribution in [0.5, 0.6) is 23.0 Å². The van der Waals surface area contributed by atoms with Gasteiger partial charge in [-0.25, -0.2) is 0 Å². The quantitative estimate of drug-likeness (QED) is 0.420. The van der Waals surface area contributed by atoms with E-state index in [0.29, 0.717) is 42.7 Å². The predicted molar refractivity (Wildman–Crippen MR) is 133 cm³/mol. The van der Waals surface area contributed by atoms with Gasteiger partial charge in [-0.15, -0.1) is 0 Å². The SMILES string of the molecule is CCN=C1S/C(=C\c2cc(OCC)c(OCc3ccc4c(c3)OCO4)cc2Br)C(=O)N1CC. The maximum Gasteiger partial charge on any atom is 0.266 e. The van der Waals surface area contributed by atoms with Crippen LogP contribution in [0, 0.1) is 0 Å². The normalized spacial score (nSPS) is 17.3. The third-order valence-electron chi connectivity index (χ3n) is 4.98. The van der Waals surface area contributed by atoms with Crippen molar-refractivity contribution in [3.8, 4) is 23.0 Å². The van der Waals surface area contributed by atoms with Crippen molar-refractivity contribution in [2.75, 3.05) is 26.5 Å². The first-order chi connectivity index (χ1) is 16.0. The molecule has 0 atom stereocenters. The second kappa shape index (κ2) is 10.5. The number of fused-ring (bicyclic) bond motifs is 1. The molecule has 0 bridgehead atoms. The van der Waals surface area contributed by atoms with E-state index in [0.717, 1.165) is 32.3 Å². The number of amidine groups is 1. The van der Waals surface area contributed by atoms with Gasteiger partial charge in [0.2, 0.25) is 6.79 Å². The third kappa shape index (κ3) is 5.14. The Morgan fingerprint density at radius 1 is 1.12 bits per heavy atom. The number of hydrogen-bond acceptors (Lipinski definition) is 7. The highest BCUT2D eigenvalue weighted by Crippen LogP contribution is 2.39. The summed E-state index contributed by atoms with van der Waals surface area (Å²) in [6.07, 6.45) is 1.86. The minimum atomic E-state index is -0.0392. The maximum atomic E-state index is 12.8. The molecule has 1 fully saturated rings. The van der Waals surface area contributed by atoms with Gasteiger partial charge >= 0.3 is 0 Å². The predicted octanol–water partition coefficient (Wildman–Crippen LogP) is 5.47. The zero-order valence-corrected chi connectivity index (χ0v) is 21.1. The molecule has 2 aromatic rings. The summed E-state index contributed by atoms with van der Waals surface area (Å²) >= 11 is 5.02. The molecule has 33 heavy (non-hydrogen) atoms. The fourth-order valence-corrected chi connectivity index (χ4v) is 4.95. The van der Waals surface area contributed by atoms with E-state index in [-0.39, 0.29) is 12.7 Å². The van der Waals surface area contributed by atoms with Gasteiger partial charge in [-0.2, -0.15) is 0 Å². The summed E-state index contributed by atoms with van der Waals surface area (Å²) in [5.41, 5.74) is 1.79. The van der Waals surface area contributed by atoms with Gasteiger partial charge < -0.3 is 18.9 Å². The Bertz CT molecular complexity index is 1120. The standard InChI is InChI=1S/C24H25BrN2O5S/c1-4-26-24-27(5-2)23(28)22(33-24)11-16-10-20(29-6-3)21(12-17(16)25)30-13-15-7-8-18-19(9-15)32-14-31-18/h7-12H,4-6,13-14H2,1-3H3/b22-11-,26-24?. The van der Waals surface area contributed by atoms with Crippen LogP contribution in [-0.4, -0.2) is 42.5 Å². The third-order valence-corrected chi connectivity index (χ3v) is 6.71. The summed E-state index contributed by atoms with van der Waals surface area (Å²) in [6.45, 7) is 8.12. The van der Waals surface area contributed by atoms with Crippen molar-refractivity contribution < 1.29 is 23.7 Å². The van der Waals surface area contributed by atoms with E-state index in [1.165, 1.54) is 11.8 Å². The largest absolute Gasteiger partial charge is 0.490 e. The van der Waals surface area contributed by atoms with Crippen LogP contribution in [0.4, 0.5) is 0 Å². The molecule has 174 valence electrons. The number of ether oxygens (including phenoxy) is 4. The number of benzene rings is 2. The molecule has 7 nitrogen and oxygen atoms in total. The number of rotatable bonds is 8. The van der Waals surface area contributed by atoms with Crippen LogP contribution in [0.15, 0.2) is 44.7 Å². The van der Waals surface area contributed by atoms with Crippen molar-refractivity contribution in [2.24, 2.45) is 4.99 Å². The number of thioether (sulfide) groups is 1. The number of nitrogens with zero attached hydrogens (tertiary/aromatic N) is 2. The van der Waals surface area contributed by atoms with E-state index in [1.807, 2.05) is 57.2 Å². The van der Waals surface area contributed by atoms with Crippen LogP contribution < -0.4 is 18.9 Å². The van der Waals surface area contributed by atoms with E-state index in [9.17, 15) is 4.79 Å². The molecular formula is C24H25BrN2O5S. The number of carbonyl (C=O) groups is 1. The number of aliphatic imine (C=N–C) groups is 1. The van der Waals surface area contributed by atoms with E-state index in [1.54, 1.807) is 4.90 Å². The van der Waals surface area contributed by atoms with Gasteiger partial charge in [0.25, 0.3) is 5.91 Å². The summed E-state index contributed by atoms with van der Waals surface area (Å²) in [6, 6.07) is 9.48. The van der Waals surface area contributed by atoms with Gasteiger partial charge in [0.05, 0.1) is 11.5 Å². The van der Waals surface area contributed by atoms with Gasteiger partial charge in [-0.3, -0.25) is 14.7 Å². The van der Waals surface area contributed by atoms with Gasteiger partial charge in [-0.1, -0.05) is 22.0 Å². The van der Waals surface area contributed by atoms with Gasteiger partial charge in [0.15, 0.2) is 28.2 Å². The second-order valence-corrected chi connectivity index (χ2v) is 9.01. The van der Waals surface area contributed by atoms with Crippen molar-refractivity contribution in [3.63, 3.8) is 0 Å². The smallest absolute Gasteiger partial charge is 0.266 e. The van der Waals surface area contributed by atoms with Crippen LogP contribution in [0.2, 0.25) is 0 Å². The number of amides is 1. The number of halogens is 1. The minimum Gasteiger partial charge on any atom is -0.490 e. The van der Waals surface area contributed by atoms with Gasteiger partial charge in [0, 0.05) is 17.6 Å². The summed E-state index contributed by atoms with van der Waals surface area (Å²) in [5, 5.41) is 0.737. The van der Waals surface area contributed by atoms with Gasteiger partial charge in [0.1, 0.15) is 6.61 Å². The number of hydrogen-bond donors (Lipinski definition) is 0. The zero-order valence-electron chi connectivity index (χ0n) is 18.7. The van der Waals surface area contributed by atoms with E-state index in [2.05, 4.69) is 20.9 Å².